The summed E-state index contributed by atoms with van der Waals surface area (Å²) in [6, 6.07) is 6.32. The molecule has 0 aliphatic heterocycles. The molecule has 19 heavy (non-hydrogen) atoms. The summed E-state index contributed by atoms with van der Waals surface area (Å²) in [6.45, 7) is 1.50. The highest BCUT2D eigenvalue weighted by molar-refractivity contribution is 7.89. The van der Waals surface area contributed by atoms with E-state index in [-0.39, 0.29) is 23.5 Å². The lowest BCUT2D eigenvalue weighted by Gasteiger charge is -2.22. The van der Waals surface area contributed by atoms with E-state index in [4.69, 9.17) is 9.52 Å². The summed E-state index contributed by atoms with van der Waals surface area (Å²) in [5, 5.41) is 10.7. The third-order valence-corrected chi connectivity index (χ3v) is 5.77. The van der Waals surface area contributed by atoms with Crippen LogP contribution in [-0.2, 0) is 16.6 Å². The molecule has 2 rings (SSSR count). The maximum atomic E-state index is 12.4. The van der Waals surface area contributed by atoms with Crippen molar-refractivity contribution in [3.63, 3.8) is 0 Å². The maximum Gasteiger partial charge on any atom is 0.276 e. The van der Waals surface area contributed by atoms with Crippen molar-refractivity contribution in [2.75, 3.05) is 7.05 Å². The van der Waals surface area contributed by atoms with Crippen molar-refractivity contribution in [2.24, 2.45) is 0 Å². The summed E-state index contributed by atoms with van der Waals surface area (Å²) in [7, 11) is -2.18. The molecule has 1 N–H and O–H groups in total. The molecule has 0 aliphatic rings. The van der Waals surface area contributed by atoms with Gasteiger partial charge in [0.2, 0.25) is 5.09 Å². The molecule has 2 heterocycles. The highest BCUT2D eigenvalue weighted by Gasteiger charge is 2.29. The monoisotopic (exact) mass is 301 g/mol. The van der Waals surface area contributed by atoms with Crippen LogP contribution >= 0.6 is 11.3 Å². The molecule has 1 unspecified atom stereocenters. The van der Waals surface area contributed by atoms with Gasteiger partial charge in [0.1, 0.15) is 12.4 Å². The van der Waals surface area contributed by atoms with Gasteiger partial charge in [0.25, 0.3) is 10.0 Å². The minimum atomic E-state index is -3.69. The highest BCUT2D eigenvalue weighted by atomic mass is 32.2. The van der Waals surface area contributed by atoms with E-state index in [0.717, 1.165) is 4.88 Å². The third kappa shape index (κ3) is 2.74. The molecule has 0 aliphatic carbocycles. The van der Waals surface area contributed by atoms with Gasteiger partial charge >= 0.3 is 0 Å². The molecule has 0 aromatic carbocycles. The second-order valence-corrected chi connectivity index (χ2v) is 7.00. The summed E-state index contributed by atoms with van der Waals surface area (Å²) < 4.78 is 31.1. The number of hydrogen-bond acceptors (Lipinski definition) is 5. The Labute approximate surface area is 116 Å². The Hall–Kier alpha value is -1.15. The first-order valence-electron chi connectivity index (χ1n) is 5.68. The maximum absolute atomic E-state index is 12.4. The van der Waals surface area contributed by atoms with E-state index >= 15 is 0 Å². The van der Waals surface area contributed by atoms with Gasteiger partial charge in [-0.05, 0) is 30.5 Å². The van der Waals surface area contributed by atoms with E-state index in [1.807, 2.05) is 24.4 Å². The van der Waals surface area contributed by atoms with Gasteiger partial charge in [-0.25, -0.2) is 8.42 Å². The molecule has 104 valence electrons. The molecule has 0 saturated carbocycles. The van der Waals surface area contributed by atoms with Crippen molar-refractivity contribution in [3.8, 4) is 0 Å². The number of thiophene rings is 1. The summed E-state index contributed by atoms with van der Waals surface area (Å²) in [4.78, 5) is 0.958. The SMILES string of the molecule is CC(c1cccs1)N(C)S(=O)(=O)c1ccc(CO)o1. The Morgan fingerprint density at radius 2 is 2.16 bits per heavy atom. The van der Waals surface area contributed by atoms with Gasteiger partial charge in [-0.2, -0.15) is 4.31 Å². The molecule has 0 bridgehead atoms. The van der Waals surface area contributed by atoms with Gasteiger partial charge in [-0.3, -0.25) is 0 Å². The Morgan fingerprint density at radius 1 is 1.42 bits per heavy atom. The zero-order chi connectivity index (χ0) is 14.0. The minimum absolute atomic E-state index is 0.151. The van der Waals surface area contributed by atoms with Crippen LogP contribution in [-0.4, -0.2) is 24.9 Å². The van der Waals surface area contributed by atoms with Crippen LogP contribution < -0.4 is 0 Å². The summed E-state index contributed by atoms with van der Waals surface area (Å²) in [5.41, 5.74) is 0. The standard InChI is InChI=1S/C12H15NO4S2/c1-9(11-4-3-7-18-11)13(2)19(15,16)12-6-5-10(8-14)17-12/h3-7,9,14H,8H2,1-2H3. The van der Waals surface area contributed by atoms with Gasteiger partial charge in [-0.15, -0.1) is 11.3 Å². The van der Waals surface area contributed by atoms with Crippen molar-refractivity contribution in [1.82, 2.24) is 4.31 Å². The van der Waals surface area contributed by atoms with Crippen LogP contribution in [0.15, 0.2) is 39.2 Å². The molecule has 0 amide bonds. The van der Waals surface area contributed by atoms with Crippen molar-refractivity contribution in [2.45, 2.75) is 24.7 Å². The van der Waals surface area contributed by atoms with E-state index in [9.17, 15) is 8.42 Å². The Bertz CT molecular complexity index is 630. The van der Waals surface area contributed by atoms with Crippen molar-refractivity contribution in [1.29, 1.82) is 0 Å². The fraction of sp³-hybridized carbons (Fsp3) is 0.333. The average molecular weight is 301 g/mol. The zero-order valence-corrected chi connectivity index (χ0v) is 12.2. The van der Waals surface area contributed by atoms with E-state index in [1.54, 1.807) is 0 Å². The zero-order valence-electron chi connectivity index (χ0n) is 10.6. The number of furan rings is 1. The predicted octanol–water partition coefficient (Wildman–Crippen LogP) is 2.22. The van der Waals surface area contributed by atoms with Crippen molar-refractivity contribution in [3.05, 3.63) is 40.3 Å². The van der Waals surface area contributed by atoms with Crippen LogP contribution in [0.2, 0.25) is 0 Å². The lowest BCUT2D eigenvalue weighted by Crippen LogP contribution is -2.29. The second kappa shape index (κ2) is 5.46. The van der Waals surface area contributed by atoms with E-state index in [0.29, 0.717) is 0 Å². The first-order chi connectivity index (χ1) is 8.96. The first-order valence-corrected chi connectivity index (χ1v) is 8.00. The number of rotatable bonds is 5. The van der Waals surface area contributed by atoms with Gasteiger partial charge < -0.3 is 9.52 Å². The molecule has 5 nitrogen and oxygen atoms in total. The number of sulfonamides is 1. The normalized spacial score (nSPS) is 13.9. The molecule has 2 aromatic heterocycles. The number of aliphatic hydroxyl groups is 1. The minimum Gasteiger partial charge on any atom is -0.446 e. The average Bonchev–Trinajstić information content (AvgIpc) is 3.07. The van der Waals surface area contributed by atoms with Crippen LogP contribution in [0.3, 0.4) is 0 Å². The summed E-state index contributed by atoms with van der Waals surface area (Å²) in [5.74, 6) is 0.232. The molecule has 0 spiro atoms. The third-order valence-electron chi connectivity index (χ3n) is 2.93. The second-order valence-electron chi connectivity index (χ2n) is 4.09. The largest absolute Gasteiger partial charge is 0.446 e. The van der Waals surface area contributed by atoms with Crippen molar-refractivity contribution >= 4 is 21.4 Å². The quantitative estimate of drug-likeness (QED) is 0.919. The fourth-order valence-corrected chi connectivity index (χ4v) is 3.80. The van der Waals surface area contributed by atoms with E-state index in [1.165, 1.54) is 34.8 Å². The Balaban J connectivity index is 2.28. The van der Waals surface area contributed by atoms with E-state index < -0.39 is 10.0 Å². The molecule has 0 fully saturated rings. The lowest BCUT2D eigenvalue weighted by molar-refractivity contribution is 0.234. The van der Waals surface area contributed by atoms with Crippen LogP contribution in [0.4, 0.5) is 0 Å². The van der Waals surface area contributed by atoms with Gasteiger partial charge in [-0.1, -0.05) is 6.07 Å². The molecule has 0 saturated heterocycles. The van der Waals surface area contributed by atoms with Crippen LogP contribution in [0.25, 0.3) is 0 Å². The molecular formula is C12H15NO4S2. The molecular weight excluding hydrogens is 286 g/mol. The van der Waals surface area contributed by atoms with Crippen molar-refractivity contribution < 1.29 is 17.9 Å². The van der Waals surface area contributed by atoms with E-state index in [2.05, 4.69) is 0 Å². The number of hydrogen-bond donors (Lipinski definition) is 1. The molecule has 0 radical (unpaired) electrons. The molecule has 2 aromatic rings. The number of aliphatic hydroxyl groups excluding tert-OH is 1. The van der Waals surface area contributed by atoms with Crippen LogP contribution in [0.5, 0.6) is 0 Å². The van der Waals surface area contributed by atoms with Crippen LogP contribution in [0, 0.1) is 0 Å². The van der Waals surface area contributed by atoms with Crippen LogP contribution in [0.1, 0.15) is 23.6 Å². The topological polar surface area (TPSA) is 70.8 Å². The molecule has 7 heteroatoms. The lowest BCUT2D eigenvalue weighted by atomic mass is 10.3. The predicted molar refractivity (Wildman–Crippen MR) is 72.3 cm³/mol. The summed E-state index contributed by atoms with van der Waals surface area (Å²) in [6.07, 6.45) is 0. The highest BCUT2D eigenvalue weighted by Crippen LogP contribution is 2.29. The van der Waals surface area contributed by atoms with Gasteiger partial charge in [0.15, 0.2) is 0 Å². The van der Waals surface area contributed by atoms with Gasteiger partial charge in [0, 0.05) is 11.9 Å². The fourth-order valence-electron chi connectivity index (χ4n) is 1.64. The number of nitrogens with zero attached hydrogens (tertiary/aromatic N) is 1. The molecule has 1 atom stereocenters. The smallest absolute Gasteiger partial charge is 0.276 e. The van der Waals surface area contributed by atoms with Gasteiger partial charge in [0.05, 0.1) is 6.04 Å². The summed E-state index contributed by atoms with van der Waals surface area (Å²) >= 11 is 1.50. The Kier molecular flexibility index (Phi) is 4.10. The first kappa shape index (κ1) is 14.3. The Morgan fingerprint density at radius 3 is 2.68 bits per heavy atom.